The maximum atomic E-state index is 12.6. The summed E-state index contributed by atoms with van der Waals surface area (Å²) in [5.74, 6) is 0. The van der Waals surface area contributed by atoms with Crippen molar-refractivity contribution in [1.82, 2.24) is 0 Å². The van der Waals surface area contributed by atoms with Crippen LogP contribution in [0.5, 0.6) is 0 Å². The summed E-state index contributed by atoms with van der Waals surface area (Å²) in [6.45, 7) is 2.26. The molecule has 1 aliphatic rings. The van der Waals surface area contributed by atoms with E-state index in [4.69, 9.17) is 0 Å². The minimum atomic E-state index is -1.55. The van der Waals surface area contributed by atoms with Crippen molar-refractivity contribution in [2.75, 3.05) is 0 Å². The molecule has 2 heteroatoms. The van der Waals surface area contributed by atoms with Crippen LogP contribution in [0.15, 0.2) is 60.7 Å². The lowest BCUT2D eigenvalue weighted by atomic mass is 9.72. The maximum Gasteiger partial charge on any atom is 0.266 e. The number of halogens is 2. The van der Waals surface area contributed by atoms with Crippen LogP contribution >= 0.6 is 0 Å². The molecule has 30 heavy (non-hydrogen) atoms. The molecule has 1 aromatic rings. The van der Waals surface area contributed by atoms with E-state index in [9.17, 15) is 8.78 Å². The molecule has 0 spiro atoms. The van der Waals surface area contributed by atoms with Gasteiger partial charge in [-0.2, -0.15) is 8.78 Å². The molecule has 166 valence electrons. The van der Waals surface area contributed by atoms with Crippen molar-refractivity contribution in [3.8, 4) is 0 Å². The SMILES string of the molecule is CCCCCCCCCCCCC1(CCC=C(F)F)C=CC(c2ccccc2)=CC1. The van der Waals surface area contributed by atoms with Crippen molar-refractivity contribution in [3.63, 3.8) is 0 Å². The largest absolute Gasteiger partial charge is 0.266 e. The van der Waals surface area contributed by atoms with E-state index >= 15 is 0 Å². The molecule has 1 atom stereocenters. The monoisotopic (exact) mass is 414 g/mol. The van der Waals surface area contributed by atoms with E-state index in [-0.39, 0.29) is 5.41 Å². The van der Waals surface area contributed by atoms with Crippen molar-refractivity contribution in [2.24, 2.45) is 5.41 Å². The van der Waals surface area contributed by atoms with Crippen LogP contribution in [-0.2, 0) is 0 Å². The Hall–Kier alpha value is -1.70. The van der Waals surface area contributed by atoms with Gasteiger partial charge in [0, 0.05) is 0 Å². The van der Waals surface area contributed by atoms with Crippen LogP contribution < -0.4 is 0 Å². The average molecular weight is 415 g/mol. The average Bonchev–Trinajstić information content (AvgIpc) is 2.76. The number of unbranched alkanes of at least 4 members (excludes halogenated alkanes) is 9. The number of hydrogen-bond acceptors (Lipinski definition) is 0. The van der Waals surface area contributed by atoms with Gasteiger partial charge in [0.1, 0.15) is 0 Å². The summed E-state index contributed by atoms with van der Waals surface area (Å²) in [4.78, 5) is 0. The molecular formula is C28H40F2. The molecule has 0 nitrogen and oxygen atoms in total. The van der Waals surface area contributed by atoms with Crippen molar-refractivity contribution >= 4 is 5.57 Å². The van der Waals surface area contributed by atoms with Gasteiger partial charge in [-0.05, 0) is 48.3 Å². The predicted octanol–water partition coefficient (Wildman–Crippen LogP) is 9.89. The number of hydrogen-bond donors (Lipinski definition) is 0. The van der Waals surface area contributed by atoms with Gasteiger partial charge in [-0.25, -0.2) is 0 Å². The lowest BCUT2D eigenvalue weighted by Crippen LogP contribution is -2.19. The van der Waals surface area contributed by atoms with Gasteiger partial charge in [-0.15, -0.1) is 0 Å². The summed E-state index contributed by atoms with van der Waals surface area (Å²) in [5, 5.41) is 0. The van der Waals surface area contributed by atoms with E-state index in [2.05, 4.69) is 49.4 Å². The Bertz CT molecular complexity index is 667. The van der Waals surface area contributed by atoms with Crippen LogP contribution in [0, 0.1) is 5.41 Å². The van der Waals surface area contributed by atoms with Gasteiger partial charge >= 0.3 is 0 Å². The quantitative estimate of drug-likeness (QED) is 0.250. The molecule has 0 bridgehead atoms. The number of allylic oxidation sites excluding steroid dienone is 5. The number of benzene rings is 1. The Balaban J connectivity index is 1.78. The Kier molecular flexibility index (Phi) is 11.7. The Morgan fingerprint density at radius 2 is 1.50 bits per heavy atom. The van der Waals surface area contributed by atoms with Crippen LogP contribution in [0.3, 0.4) is 0 Å². The molecule has 0 aliphatic heterocycles. The predicted molar refractivity (Wildman–Crippen MR) is 127 cm³/mol. The third-order valence-electron chi connectivity index (χ3n) is 6.42. The van der Waals surface area contributed by atoms with E-state index in [1.54, 1.807) is 0 Å². The second-order valence-corrected chi connectivity index (χ2v) is 8.89. The van der Waals surface area contributed by atoms with E-state index in [1.165, 1.54) is 75.3 Å². The summed E-state index contributed by atoms with van der Waals surface area (Å²) in [6, 6.07) is 10.4. The van der Waals surface area contributed by atoms with Crippen LogP contribution in [0.4, 0.5) is 8.78 Å². The van der Waals surface area contributed by atoms with Gasteiger partial charge in [0.2, 0.25) is 0 Å². The van der Waals surface area contributed by atoms with E-state index in [1.807, 2.05) is 6.07 Å². The van der Waals surface area contributed by atoms with Crippen LogP contribution in [0.2, 0.25) is 0 Å². The molecule has 2 rings (SSSR count). The zero-order valence-corrected chi connectivity index (χ0v) is 18.9. The molecule has 0 N–H and O–H groups in total. The highest BCUT2D eigenvalue weighted by molar-refractivity contribution is 5.75. The fourth-order valence-corrected chi connectivity index (χ4v) is 4.49. The molecule has 1 unspecified atom stereocenters. The van der Waals surface area contributed by atoms with Crippen LogP contribution in [0.1, 0.15) is 102 Å². The van der Waals surface area contributed by atoms with Gasteiger partial charge in [-0.1, -0.05) is 120 Å². The first-order chi connectivity index (χ1) is 14.7. The Morgan fingerprint density at radius 3 is 2.07 bits per heavy atom. The molecular weight excluding hydrogens is 374 g/mol. The van der Waals surface area contributed by atoms with E-state index in [0.717, 1.165) is 25.3 Å². The molecule has 0 aromatic heterocycles. The van der Waals surface area contributed by atoms with Gasteiger partial charge in [0.05, 0.1) is 0 Å². The lowest BCUT2D eigenvalue weighted by molar-refractivity contribution is 0.309. The molecule has 0 saturated heterocycles. The van der Waals surface area contributed by atoms with Gasteiger partial charge < -0.3 is 0 Å². The second kappa shape index (κ2) is 14.3. The maximum absolute atomic E-state index is 12.6. The zero-order chi connectivity index (χ0) is 21.5. The fraction of sp³-hybridized carbons (Fsp3) is 0.571. The van der Waals surface area contributed by atoms with Crippen LogP contribution in [0.25, 0.3) is 5.57 Å². The van der Waals surface area contributed by atoms with Gasteiger partial charge in [0.15, 0.2) is 0 Å². The minimum absolute atomic E-state index is 0.0321. The highest BCUT2D eigenvalue weighted by Gasteiger charge is 2.27. The topological polar surface area (TPSA) is 0 Å². The first-order valence-corrected chi connectivity index (χ1v) is 12.1. The fourth-order valence-electron chi connectivity index (χ4n) is 4.49. The minimum Gasteiger partial charge on any atom is -0.174 e. The summed E-state index contributed by atoms with van der Waals surface area (Å²) in [5.41, 5.74) is 2.52. The third kappa shape index (κ3) is 9.41. The highest BCUT2D eigenvalue weighted by atomic mass is 19.3. The molecule has 0 fully saturated rings. The van der Waals surface area contributed by atoms with E-state index in [0.29, 0.717) is 6.42 Å². The summed E-state index contributed by atoms with van der Waals surface area (Å²) in [6.07, 6.45) is 23.0. The Morgan fingerprint density at radius 1 is 0.867 bits per heavy atom. The van der Waals surface area contributed by atoms with Gasteiger partial charge in [0.25, 0.3) is 6.08 Å². The van der Waals surface area contributed by atoms with Crippen molar-refractivity contribution in [2.45, 2.75) is 96.8 Å². The summed E-state index contributed by atoms with van der Waals surface area (Å²) in [7, 11) is 0. The van der Waals surface area contributed by atoms with Crippen LogP contribution in [-0.4, -0.2) is 0 Å². The molecule has 1 aliphatic carbocycles. The first-order valence-electron chi connectivity index (χ1n) is 12.1. The molecule has 1 aromatic carbocycles. The third-order valence-corrected chi connectivity index (χ3v) is 6.42. The molecule has 0 amide bonds. The van der Waals surface area contributed by atoms with Crippen molar-refractivity contribution in [3.05, 3.63) is 66.3 Å². The normalized spacial score (nSPS) is 18.3. The van der Waals surface area contributed by atoms with Crippen molar-refractivity contribution < 1.29 is 8.78 Å². The molecule has 0 saturated carbocycles. The zero-order valence-electron chi connectivity index (χ0n) is 18.9. The second-order valence-electron chi connectivity index (χ2n) is 8.89. The van der Waals surface area contributed by atoms with Gasteiger partial charge in [-0.3, -0.25) is 0 Å². The Labute approximate surface area is 183 Å². The molecule has 0 heterocycles. The summed E-state index contributed by atoms with van der Waals surface area (Å²) < 4.78 is 25.1. The van der Waals surface area contributed by atoms with Crippen molar-refractivity contribution in [1.29, 1.82) is 0 Å². The standard InChI is InChI=1S/C28H40F2/c1-2-3-4-5-6-7-8-9-10-14-21-28(22-15-18-27(29)30)23-19-26(20-24-28)25-16-12-11-13-17-25/h11-13,16-20,23H,2-10,14-15,21-22,24H2,1H3. The summed E-state index contributed by atoms with van der Waals surface area (Å²) >= 11 is 0. The molecule has 0 radical (unpaired) electrons. The smallest absolute Gasteiger partial charge is 0.174 e. The lowest BCUT2D eigenvalue weighted by Gasteiger charge is -2.32. The first kappa shape index (κ1) is 24.6. The highest BCUT2D eigenvalue weighted by Crippen LogP contribution is 2.41. The number of rotatable bonds is 15. The van der Waals surface area contributed by atoms with E-state index < -0.39 is 6.08 Å².